The summed E-state index contributed by atoms with van der Waals surface area (Å²) < 4.78 is 0. The Labute approximate surface area is 252 Å². The molecular weight excluding hydrogens is 559 g/mol. The maximum absolute atomic E-state index is 9.41. The molecule has 0 N–H and O–H groups in total. The van der Waals surface area contributed by atoms with Gasteiger partial charge in [-0.1, -0.05) is 55.1 Å². The number of para-hydroxylation sites is 2. The molecule has 2 aromatic heterocycles. The first-order valence-corrected chi connectivity index (χ1v) is 15.1. The van der Waals surface area contributed by atoms with Crippen LogP contribution in [0, 0.1) is 22.7 Å². The number of rotatable bonds is 5. The van der Waals surface area contributed by atoms with E-state index >= 15 is 0 Å². The Morgan fingerprint density at radius 2 is 1.49 bits per heavy atom. The number of hydrogen-bond acceptors (Lipinski definition) is 6. The number of anilines is 3. The third kappa shape index (κ3) is 3.63. The number of fused-ring (bicyclic) bond motifs is 7. The van der Waals surface area contributed by atoms with Gasteiger partial charge in [0.25, 0.3) is 0 Å². The van der Waals surface area contributed by atoms with Gasteiger partial charge in [-0.15, -0.1) is 35.3 Å². The second kappa shape index (κ2) is 9.80. The predicted octanol–water partition coefficient (Wildman–Crippen LogP) is 9.87. The number of hydrogen-bond donors (Lipinski definition) is 1. The molecule has 1 atom stereocenters. The van der Waals surface area contributed by atoms with E-state index in [0.29, 0.717) is 0 Å². The summed E-state index contributed by atoms with van der Waals surface area (Å²) in [6.07, 6.45) is 3.62. The van der Waals surface area contributed by atoms with Crippen molar-refractivity contribution in [1.29, 1.82) is 10.5 Å². The van der Waals surface area contributed by atoms with E-state index in [9.17, 15) is 10.5 Å². The van der Waals surface area contributed by atoms with E-state index in [1.807, 2.05) is 30.3 Å². The third-order valence-corrected chi connectivity index (χ3v) is 10.4. The van der Waals surface area contributed by atoms with Crippen molar-refractivity contribution in [1.82, 2.24) is 0 Å². The summed E-state index contributed by atoms with van der Waals surface area (Å²) in [7, 11) is 0. The molecule has 2 aliphatic rings. The molecule has 0 radical (unpaired) electrons. The number of thiophene rings is 2. The minimum atomic E-state index is -0.587. The molecule has 2 heterocycles. The van der Waals surface area contributed by atoms with Gasteiger partial charge in [0.05, 0.1) is 5.41 Å². The molecule has 194 valence electrons. The molecule has 3 nitrogen and oxygen atoms in total. The maximum Gasteiger partial charge on any atom is 0.131 e. The molecule has 0 saturated carbocycles. The zero-order valence-electron chi connectivity index (χ0n) is 21.7. The zero-order valence-corrected chi connectivity index (χ0v) is 24.2. The smallest absolute Gasteiger partial charge is 0.131 e. The number of thiol groups is 1. The van der Waals surface area contributed by atoms with Crippen molar-refractivity contribution in [2.75, 3.05) is 4.90 Å². The van der Waals surface area contributed by atoms with Crippen LogP contribution in [0.4, 0.5) is 17.1 Å². The first-order chi connectivity index (χ1) is 20.1. The lowest BCUT2D eigenvalue weighted by Crippen LogP contribution is -2.26. The molecular formula is C35H21N3S3. The fraction of sp³-hybridized carbons (Fsp3) is 0.0286. The van der Waals surface area contributed by atoms with E-state index in [1.165, 1.54) is 11.1 Å². The minimum absolute atomic E-state index is 0.0907. The summed E-state index contributed by atoms with van der Waals surface area (Å²) in [5, 5.41) is 21.0. The number of nitriles is 2. The van der Waals surface area contributed by atoms with E-state index in [4.69, 9.17) is 12.6 Å². The summed E-state index contributed by atoms with van der Waals surface area (Å²) in [6.45, 7) is 4.25. The van der Waals surface area contributed by atoms with Crippen LogP contribution in [0.5, 0.6) is 0 Å². The van der Waals surface area contributed by atoms with Gasteiger partial charge >= 0.3 is 0 Å². The molecule has 2 aliphatic carbocycles. The van der Waals surface area contributed by atoms with Gasteiger partial charge in [0.15, 0.2) is 0 Å². The highest BCUT2D eigenvalue weighted by Gasteiger charge is 2.53. The molecule has 0 saturated heterocycles. The van der Waals surface area contributed by atoms with E-state index in [0.717, 1.165) is 53.3 Å². The highest BCUT2D eigenvalue weighted by atomic mass is 32.1. The van der Waals surface area contributed by atoms with Gasteiger partial charge < -0.3 is 4.90 Å². The largest absolute Gasteiger partial charge is 0.310 e. The Kier molecular flexibility index (Phi) is 6.07. The van der Waals surface area contributed by atoms with Crippen molar-refractivity contribution >= 4 is 63.3 Å². The molecule has 1 spiro atoms. The zero-order chi connectivity index (χ0) is 28.1. The Balaban J connectivity index is 1.53. The molecule has 0 fully saturated rings. The molecule has 6 heteroatoms. The van der Waals surface area contributed by atoms with Crippen LogP contribution in [0.3, 0.4) is 0 Å². The van der Waals surface area contributed by atoms with Crippen LogP contribution in [-0.4, -0.2) is 0 Å². The second-order valence-electron chi connectivity index (χ2n) is 9.79. The summed E-state index contributed by atoms with van der Waals surface area (Å²) in [5.74, 6) is 0. The van der Waals surface area contributed by atoms with Gasteiger partial charge in [0.2, 0.25) is 0 Å². The average molecular weight is 580 g/mol. The first-order valence-electron chi connectivity index (χ1n) is 13.0. The van der Waals surface area contributed by atoms with Gasteiger partial charge in [-0.05, 0) is 87.8 Å². The van der Waals surface area contributed by atoms with Gasteiger partial charge in [0.1, 0.15) is 17.7 Å². The topological polar surface area (TPSA) is 50.8 Å². The van der Waals surface area contributed by atoms with E-state index < -0.39 is 5.41 Å². The summed E-state index contributed by atoms with van der Waals surface area (Å²) >= 11 is 8.34. The Morgan fingerprint density at radius 1 is 0.805 bits per heavy atom. The van der Waals surface area contributed by atoms with E-state index in [2.05, 4.69) is 95.7 Å². The highest BCUT2D eigenvalue weighted by Crippen LogP contribution is 2.65. The van der Waals surface area contributed by atoms with Crippen molar-refractivity contribution < 1.29 is 0 Å². The molecule has 0 bridgehead atoms. The van der Waals surface area contributed by atoms with Gasteiger partial charge in [0, 0.05) is 36.6 Å². The van der Waals surface area contributed by atoms with E-state index in [-0.39, 0.29) is 5.57 Å². The molecule has 41 heavy (non-hydrogen) atoms. The molecule has 3 aromatic carbocycles. The number of allylic oxidation sites excluding steroid dienone is 3. The third-order valence-electron chi connectivity index (χ3n) is 7.77. The van der Waals surface area contributed by atoms with Crippen molar-refractivity contribution in [2.24, 2.45) is 0 Å². The fourth-order valence-electron chi connectivity index (χ4n) is 6.18. The van der Waals surface area contributed by atoms with Gasteiger partial charge in [-0.2, -0.15) is 10.5 Å². The summed E-state index contributed by atoms with van der Waals surface area (Å²) in [4.78, 5) is 6.38. The average Bonchev–Trinajstić information content (AvgIpc) is 3.76. The summed E-state index contributed by atoms with van der Waals surface area (Å²) in [5.41, 5.74) is 8.42. The lowest BCUT2D eigenvalue weighted by molar-refractivity contribution is 0.792. The molecule has 7 rings (SSSR count). The SMILES string of the molecule is C=CC1=C(S)c2sccc2C12c1cc(N(c3ccccc3)c3ccccc3)ccc1-c1sc(C=C(C#N)C#N)cc12. The monoisotopic (exact) mass is 579 g/mol. The Morgan fingerprint density at radius 3 is 2.12 bits per heavy atom. The van der Waals surface area contributed by atoms with Crippen molar-refractivity contribution in [3.8, 4) is 22.6 Å². The van der Waals surface area contributed by atoms with Crippen molar-refractivity contribution in [3.05, 3.63) is 147 Å². The lowest BCUT2D eigenvalue weighted by atomic mass is 9.70. The Bertz CT molecular complexity index is 1940. The number of nitrogens with zero attached hydrogens (tertiary/aromatic N) is 3. The number of benzene rings is 3. The lowest BCUT2D eigenvalue weighted by Gasteiger charge is -2.32. The van der Waals surface area contributed by atoms with Crippen LogP contribution in [0.1, 0.15) is 26.4 Å². The van der Waals surface area contributed by atoms with Crippen LogP contribution < -0.4 is 4.90 Å². The molecule has 1 unspecified atom stereocenters. The second-order valence-corrected chi connectivity index (χ2v) is 12.2. The normalized spacial score (nSPS) is 16.0. The van der Waals surface area contributed by atoms with Crippen LogP contribution in [0.25, 0.3) is 21.4 Å². The standard InChI is InChI=1S/C35H21N3S3/c1-2-28-32(39)34-29(15-16-40-34)35(28)30-18-25(38(23-9-5-3-6-10-23)24-11-7-4-8-12-24)13-14-27(30)33-31(35)19-26(41-33)17-22(20-36)21-37/h2-19,39H,1H2. The quantitative estimate of drug-likeness (QED) is 0.167. The van der Waals surface area contributed by atoms with Crippen LogP contribution >= 0.6 is 35.3 Å². The van der Waals surface area contributed by atoms with Crippen LogP contribution in [0.2, 0.25) is 0 Å². The Hall–Kier alpha value is -4.59. The first kappa shape index (κ1) is 25.4. The van der Waals surface area contributed by atoms with E-state index in [1.54, 1.807) is 28.7 Å². The van der Waals surface area contributed by atoms with Crippen molar-refractivity contribution in [2.45, 2.75) is 5.41 Å². The molecule has 5 aromatic rings. The minimum Gasteiger partial charge on any atom is -0.310 e. The van der Waals surface area contributed by atoms with Gasteiger partial charge in [-0.25, -0.2) is 0 Å². The van der Waals surface area contributed by atoms with Crippen LogP contribution in [-0.2, 0) is 5.41 Å². The van der Waals surface area contributed by atoms with Gasteiger partial charge in [-0.3, -0.25) is 0 Å². The predicted molar refractivity (Wildman–Crippen MR) is 174 cm³/mol. The van der Waals surface area contributed by atoms with Crippen LogP contribution in [0.15, 0.2) is 120 Å². The fourth-order valence-corrected chi connectivity index (χ4v) is 8.83. The maximum atomic E-state index is 9.41. The molecule has 0 amide bonds. The van der Waals surface area contributed by atoms with Crippen molar-refractivity contribution in [3.63, 3.8) is 0 Å². The highest BCUT2D eigenvalue weighted by molar-refractivity contribution is 7.91. The molecule has 0 aliphatic heterocycles. The summed E-state index contributed by atoms with van der Waals surface area (Å²) in [6, 6.07) is 35.8.